The molecular weight excluding hydrogens is 318 g/mol. The third kappa shape index (κ3) is 2.70. The van der Waals surface area contributed by atoms with Crippen LogP contribution < -0.4 is 4.72 Å². The van der Waals surface area contributed by atoms with Crippen molar-refractivity contribution in [3.63, 3.8) is 0 Å². The van der Waals surface area contributed by atoms with Gasteiger partial charge in [-0.2, -0.15) is 5.10 Å². The summed E-state index contributed by atoms with van der Waals surface area (Å²) in [6, 6.07) is 1.06. The van der Waals surface area contributed by atoms with Gasteiger partial charge in [0.05, 0.1) is 11.7 Å². The van der Waals surface area contributed by atoms with E-state index in [2.05, 4.69) is 25.0 Å². The number of aryl methyl sites for hydroxylation is 3. The molecule has 0 fully saturated rings. The molecule has 1 N–H and O–H groups in total. The van der Waals surface area contributed by atoms with Crippen molar-refractivity contribution in [2.75, 3.05) is 0 Å². The lowest BCUT2D eigenvalue weighted by Gasteiger charge is -2.13. The summed E-state index contributed by atoms with van der Waals surface area (Å²) in [5.41, 5.74) is 1.37. The van der Waals surface area contributed by atoms with E-state index in [-0.39, 0.29) is 4.90 Å². The lowest BCUT2D eigenvalue weighted by Crippen LogP contribution is -2.28. The number of nitrogens with zero attached hydrogens (tertiary/aromatic N) is 6. The average Bonchev–Trinajstić information content (AvgIpc) is 3.03. The largest absolute Gasteiger partial charge is 0.319 e. The van der Waals surface area contributed by atoms with Gasteiger partial charge in [-0.25, -0.2) is 18.1 Å². The van der Waals surface area contributed by atoms with Crippen LogP contribution in [0.2, 0.25) is 0 Å². The topological polar surface area (TPSA) is 108 Å². The first kappa shape index (κ1) is 15.6. The summed E-state index contributed by atoms with van der Waals surface area (Å²) >= 11 is 0. The summed E-state index contributed by atoms with van der Waals surface area (Å²) in [4.78, 5) is 4.30. The molecular formula is C13H17N7O2S. The second kappa shape index (κ2) is 5.39. The van der Waals surface area contributed by atoms with E-state index in [1.165, 1.54) is 12.5 Å². The van der Waals surface area contributed by atoms with E-state index < -0.39 is 16.1 Å². The summed E-state index contributed by atoms with van der Waals surface area (Å²) in [6.45, 7) is 3.53. The SMILES string of the molecule is Cc1nn(C)c2ncc(S(=O)(=O)N[C@H](C)c3nncn3C)cc12. The highest BCUT2D eigenvalue weighted by Crippen LogP contribution is 2.20. The molecule has 10 heteroatoms. The second-order valence-electron chi connectivity index (χ2n) is 5.39. The van der Waals surface area contributed by atoms with Crippen LogP contribution >= 0.6 is 0 Å². The normalized spacial score (nSPS) is 13.6. The maximum Gasteiger partial charge on any atom is 0.242 e. The minimum atomic E-state index is -3.73. The van der Waals surface area contributed by atoms with Gasteiger partial charge >= 0.3 is 0 Å². The third-order valence-electron chi connectivity index (χ3n) is 3.61. The van der Waals surface area contributed by atoms with E-state index in [1.807, 2.05) is 6.92 Å². The van der Waals surface area contributed by atoms with Gasteiger partial charge in [0.1, 0.15) is 17.0 Å². The Bertz CT molecular complexity index is 974. The van der Waals surface area contributed by atoms with Crippen LogP contribution in [0.15, 0.2) is 23.5 Å². The fraction of sp³-hybridized carbons (Fsp3) is 0.385. The molecule has 1 atom stereocenters. The predicted octanol–water partition coefficient (Wildman–Crippen LogP) is 0.445. The van der Waals surface area contributed by atoms with Gasteiger partial charge in [-0.15, -0.1) is 10.2 Å². The van der Waals surface area contributed by atoms with Gasteiger partial charge in [0.25, 0.3) is 0 Å². The van der Waals surface area contributed by atoms with Crippen molar-refractivity contribution in [2.45, 2.75) is 24.8 Å². The Balaban J connectivity index is 1.96. The van der Waals surface area contributed by atoms with Gasteiger partial charge in [-0.1, -0.05) is 0 Å². The number of hydrogen-bond acceptors (Lipinski definition) is 6. The van der Waals surface area contributed by atoms with Crippen molar-refractivity contribution >= 4 is 21.1 Å². The molecule has 0 aromatic carbocycles. The van der Waals surface area contributed by atoms with E-state index >= 15 is 0 Å². The summed E-state index contributed by atoms with van der Waals surface area (Å²) in [7, 11) is -0.206. The number of aromatic nitrogens is 6. The van der Waals surface area contributed by atoms with E-state index in [1.54, 1.807) is 36.3 Å². The Hall–Kier alpha value is -2.33. The molecule has 0 unspecified atom stereocenters. The van der Waals surface area contributed by atoms with Crippen LogP contribution in [0, 0.1) is 6.92 Å². The van der Waals surface area contributed by atoms with Crippen LogP contribution in [-0.4, -0.2) is 37.9 Å². The van der Waals surface area contributed by atoms with Crippen molar-refractivity contribution in [3.8, 4) is 0 Å². The van der Waals surface area contributed by atoms with E-state index in [0.29, 0.717) is 16.9 Å². The Morgan fingerprint density at radius 2 is 2.04 bits per heavy atom. The molecule has 0 aliphatic carbocycles. The molecule has 0 aliphatic rings. The zero-order chi connectivity index (χ0) is 16.8. The Morgan fingerprint density at radius 1 is 1.30 bits per heavy atom. The van der Waals surface area contributed by atoms with Crippen LogP contribution in [0.4, 0.5) is 0 Å². The molecule has 3 rings (SSSR count). The highest BCUT2D eigenvalue weighted by atomic mass is 32.2. The van der Waals surface area contributed by atoms with Crippen LogP contribution in [0.1, 0.15) is 24.5 Å². The number of pyridine rings is 1. The maximum atomic E-state index is 12.6. The summed E-state index contributed by atoms with van der Waals surface area (Å²) in [6.07, 6.45) is 2.85. The molecule has 3 aromatic heterocycles. The average molecular weight is 335 g/mol. The standard InChI is InChI=1S/C13H17N7O2S/c1-8-11-5-10(6-14-13(11)20(4)17-8)23(21,22)18-9(2)12-16-15-7-19(12)3/h5-7,9,18H,1-4H3/t9-/m1/s1. The lowest BCUT2D eigenvalue weighted by atomic mass is 10.3. The number of fused-ring (bicyclic) bond motifs is 1. The molecule has 9 nitrogen and oxygen atoms in total. The van der Waals surface area contributed by atoms with Crippen LogP contribution in [-0.2, 0) is 24.1 Å². The van der Waals surface area contributed by atoms with Crippen LogP contribution in [0.5, 0.6) is 0 Å². The fourth-order valence-corrected chi connectivity index (χ4v) is 3.64. The van der Waals surface area contributed by atoms with Gasteiger partial charge in [0.15, 0.2) is 5.65 Å². The number of sulfonamides is 1. The zero-order valence-electron chi connectivity index (χ0n) is 13.2. The smallest absolute Gasteiger partial charge is 0.242 e. The maximum absolute atomic E-state index is 12.6. The molecule has 0 spiro atoms. The quantitative estimate of drug-likeness (QED) is 0.741. The monoisotopic (exact) mass is 335 g/mol. The number of rotatable bonds is 4. The van der Waals surface area contributed by atoms with Gasteiger partial charge < -0.3 is 4.57 Å². The lowest BCUT2D eigenvalue weighted by molar-refractivity contribution is 0.553. The van der Waals surface area contributed by atoms with Crippen LogP contribution in [0.25, 0.3) is 11.0 Å². The Labute approximate surface area is 133 Å². The van der Waals surface area contributed by atoms with Gasteiger partial charge in [0.2, 0.25) is 10.0 Å². The molecule has 3 heterocycles. The molecule has 122 valence electrons. The molecule has 0 saturated heterocycles. The Morgan fingerprint density at radius 3 is 2.70 bits per heavy atom. The van der Waals surface area contributed by atoms with Gasteiger partial charge in [-0.05, 0) is 19.9 Å². The number of nitrogens with one attached hydrogen (secondary N) is 1. The third-order valence-corrected chi connectivity index (χ3v) is 5.12. The van der Waals surface area contributed by atoms with Crippen LogP contribution in [0.3, 0.4) is 0 Å². The van der Waals surface area contributed by atoms with Crippen molar-refractivity contribution in [2.24, 2.45) is 14.1 Å². The predicted molar refractivity (Wildman–Crippen MR) is 83.0 cm³/mol. The number of hydrogen-bond donors (Lipinski definition) is 1. The minimum absolute atomic E-state index is 0.0927. The second-order valence-corrected chi connectivity index (χ2v) is 7.11. The molecule has 0 aliphatic heterocycles. The van der Waals surface area contributed by atoms with Crippen molar-refractivity contribution in [3.05, 3.63) is 30.1 Å². The van der Waals surface area contributed by atoms with Crippen molar-refractivity contribution < 1.29 is 8.42 Å². The highest BCUT2D eigenvalue weighted by Gasteiger charge is 2.22. The molecule has 0 bridgehead atoms. The molecule has 23 heavy (non-hydrogen) atoms. The summed E-state index contributed by atoms with van der Waals surface area (Å²) in [5, 5.41) is 12.6. The van der Waals surface area contributed by atoms with Crippen molar-refractivity contribution in [1.82, 2.24) is 34.3 Å². The van der Waals surface area contributed by atoms with E-state index in [4.69, 9.17) is 0 Å². The molecule has 0 amide bonds. The Kier molecular flexibility index (Phi) is 3.65. The first-order valence-corrected chi connectivity index (χ1v) is 8.43. The zero-order valence-corrected chi connectivity index (χ0v) is 14.0. The molecule has 0 radical (unpaired) electrons. The van der Waals surface area contributed by atoms with Gasteiger partial charge in [-0.3, -0.25) is 4.68 Å². The highest BCUT2D eigenvalue weighted by molar-refractivity contribution is 7.89. The molecule has 0 saturated carbocycles. The first-order chi connectivity index (χ1) is 10.8. The minimum Gasteiger partial charge on any atom is -0.319 e. The van der Waals surface area contributed by atoms with E-state index in [9.17, 15) is 8.42 Å². The molecule has 3 aromatic rings. The van der Waals surface area contributed by atoms with E-state index in [0.717, 1.165) is 5.69 Å². The first-order valence-electron chi connectivity index (χ1n) is 6.95. The summed E-state index contributed by atoms with van der Waals surface area (Å²) < 4.78 is 31.0. The van der Waals surface area contributed by atoms with Gasteiger partial charge in [0, 0.05) is 25.7 Å². The van der Waals surface area contributed by atoms with Crippen molar-refractivity contribution in [1.29, 1.82) is 0 Å². The fourth-order valence-electron chi connectivity index (χ4n) is 2.47. The summed E-state index contributed by atoms with van der Waals surface area (Å²) in [5.74, 6) is 0.528.